The Morgan fingerprint density at radius 3 is 3.11 bits per heavy atom. The molecule has 1 N–H and O–H groups in total. The zero-order chi connectivity index (χ0) is 13.4. The highest BCUT2D eigenvalue weighted by molar-refractivity contribution is 5.37. The van der Waals surface area contributed by atoms with E-state index in [2.05, 4.69) is 28.9 Å². The average molecular weight is 260 g/mol. The third-order valence-corrected chi connectivity index (χ3v) is 4.02. The van der Waals surface area contributed by atoms with Crippen LogP contribution in [0, 0.1) is 5.92 Å². The Balaban J connectivity index is 1.77. The van der Waals surface area contributed by atoms with Gasteiger partial charge in [0.25, 0.3) is 0 Å². The molecule has 2 aromatic rings. The molecule has 5 heteroatoms. The van der Waals surface area contributed by atoms with Crippen LogP contribution in [0.3, 0.4) is 0 Å². The first-order chi connectivity index (χ1) is 9.13. The summed E-state index contributed by atoms with van der Waals surface area (Å²) in [5, 5.41) is 7.29. The van der Waals surface area contributed by atoms with Gasteiger partial charge in [0.1, 0.15) is 11.5 Å². The number of nitrogens with zero attached hydrogens (tertiary/aromatic N) is 3. The van der Waals surface area contributed by atoms with Crippen LogP contribution >= 0.6 is 0 Å². The number of fused-ring (bicyclic) bond motifs is 1. The SMILES string of the molecule is CC(C)N1CCC(Cc2n[nH]c3cc(=O)ccn23)C1. The van der Waals surface area contributed by atoms with Crippen LogP contribution < -0.4 is 5.43 Å². The van der Waals surface area contributed by atoms with Crippen molar-refractivity contribution in [1.29, 1.82) is 0 Å². The molecule has 0 spiro atoms. The van der Waals surface area contributed by atoms with E-state index in [-0.39, 0.29) is 5.43 Å². The highest BCUT2D eigenvalue weighted by atomic mass is 16.1. The minimum absolute atomic E-state index is 0.0158. The molecule has 1 unspecified atom stereocenters. The lowest BCUT2D eigenvalue weighted by atomic mass is 10.0. The first kappa shape index (κ1) is 12.4. The van der Waals surface area contributed by atoms with Crippen LogP contribution in [0.1, 0.15) is 26.1 Å². The van der Waals surface area contributed by atoms with E-state index in [1.807, 2.05) is 10.6 Å². The largest absolute Gasteiger partial charge is 0.301 e. The molecule has 0 saturated carbocycles. The van der Waals surface area contributed by atoms with E-state index in [9.17, 15) is 4.79 Å². The molecule has 3 heterocycles. The van der Waals surface area contributed by atoms with Crippen LogP contribution in [0.5, 0.6) is 0 Å². The molecule has 0 amide bonds. The summed E-state index contributed by atoms with van der Waals surface area (Å²) < 4.78 is 1.99. The fourth-order valence-corrected chi connectivity index (χ4v) is 2.87. The third kappa shape index (κ3) is 2.42. The minimum Gasteiger partial charge on any atom is -0.301 e. The van der Waals surface area contributed by atoms with E-state index in [4.69, 9.17) is 0 Å². The van der Waals surface area contributed by atoms with Crippen molar-refractivity contribution < 1.29 is 0 Å². The molecule has 0 radical (unpaired) electrons. The van der Waals surface area contributed by atoms with Gasteiger partial charge in [0.15, 0.2) is 5.43 Å². The quantitative estimate of drug-likeness (QED) is 0.905. The summed E-state index contributed by atoms with van der Waals surface area (Å²) in [6.07, 6.45) is 4.00. The standard InChI is InChI=1S/C14H20N4O/c1-10(2)17-5-3-11(9-17)7-13-15-16-14-8-12(19)4-6-18(13)14/h4,6,8,10-11,16H,3,5,7,9H2,1-2H3. The zero-order valence-electron chi connectivity index (χ0n) is 11.5. The van der Waals surface area contributed by atoms with Gasteiger partial charge in [-0.05, 0) is 32.7 Å². The number of nitrogens with one attached hydrogen (secondary N) is 1. The first-order valence-electron chi connectivity index (χ1n) is 6.93. The monoisotopic (exact) mass is 260 g/mol. The van der Waals surface area contributed by atoms with Gasteiger partial charge in [-0.3, -0.25) is 14.3 Å². The van der Waals surface area contributed by atoms with Gasteiger partial charge in [-0.1, -0.05) is 0 Å². The summed E-state index contributed by atoms with van der Waals surface area (Å²) >= 11 is 0. The number of rotatable bonds is 3. The molecule has 3 rings (SSSR count). The van der Waals surface area contributed by atoms with E-state index < -0.39 is 0 Å². The van der Waals surface area contributed by atoms with Crippen LogP contribution in [0.25, 0.3) is 5.65 Å². The van der Waals surface area contributed by atoms with Gasteiger partial charge in [-0.15, -0.1) is 0 Å². The van der Waals surface area contributed by atoms with Crippen LogP contribution in [-0.2, 0) is 6.42 Å². The maximum Gasteiger partial charge on any atom is 0.183 e. The lowest BCUT2D eigenvalue weighted by Crippen LogP contribution is -2.28. The second kappa shape index (κ2) is 4.81. The zero-order valence-corrected chi connectivity index (χ0v) is 11.5. The second-order valence-corrected chi connectivity index (χ2v) is 5.71. The maximum absolute atomic E-state index is 11.3. The van der Waals surface area contributed by atoms with Gasteiger partial charge in [-0.2, -0.15) is 5.10 Å². The molecule has 1 fully saturated rings. The lowest BCUT2D eigenvalue weighted by Gasteiger charge is -2.20. The van der Waals surface area contributed by atoms with E-state index in [1.54, 1.807) is 12.1 Å². The molecule has 0 aliphatic carbocycles. The number of pyridine rings is 1. The summed E-state index contributed by atoms with van der Waals surface area (Å²) in [6, 6.07) is 3.80. The summed E-state index contributed by atoms with van der Waals surface area (Å²) in [4.78, 5) is 13.8. The molecular weight excluding hydrogens is 240 g/mol. The van der Waals surface area contributed by atoms with Gasteiger partial charge >= 0.3 is 0 Å². The Labute approximate surface area is 112 Å². The Hall–Kier alpha value is -1.62. The predicted octanol–water partition coefficient (Wildman–Crippen LogP) is 1.30. The molecule has 5 nitrogen and oxygen atoms in total. The first-order valence-corrected chi connectivity index (χ1v) is 6.93. The molecule has 0 aromatic carbocycles. The Morgan fingerprint density at radius 2 is 2.37 bits per heavy atom. The Kier molecular flexibility index (Phi) is 3.14. The van der Waals surface area contributed by atoms with Gasteiger partial charge < -0.3 is 4.90 Å². The Morgan fingerprint density at radius 1 is 1.53 bits per heavy atom. The van der Waals surface area contributed by atoms with E-state index in [1.165, 1.54) is 13.0 Å². The van der Waals surface area contributed by atoms with Crippen LogP contribution in [-0.4, -0.2) is 38.6 Å². The Bertz CT molecular complexity index is 628. The number of hydrogen-bond acceptors (Lipinski definition) is 3. The highest BCUT2D eigenvalue weighted by Crippen LogP contribution is 2.21. The molecule has 1 saturated heterocycles. The van der Waals surface area contributed by atoms with E-state index in [0.29, 0.717) is 12.0 Å². The van der Waals surface area contributed by atoms with Crippen LogP contribution in [0.2, 0.25) is 0 Å². The number of aromatic amines is 1. The summed E-state index contributed by atoms with van der Waals surface area (Å²) in [5.74, 6) is 1.68. The van der Waals surface area contributed by atoms with Gasteiger partial charge in [0.2, 0.25) is 0 Å². The fraction of sp³-hybridized carbons (Fsp3) is 0.571. The third-order valence-electron chi connectivity index (χ3n) is 4.02. The van der Waals surface area contributed by atoms with Gasteiger partial charge in [0.05, 0.1) is 0 Å². The van der Waals surface area contributed by atoms with Crippen molar-refractivity contribution in [3.05, 3.63) is 34.4 Å². The van der Waals surface area contributed by atoms with Crippen molar-refractivity contribution in [2.24, 2.45) is 5.92 Å². The van der Waals surface area contributed by atoms with Crippen molar-refractivity contribution in [2.45, 2.75) is 32.7 Å². The minimum atomic E-state index is 0.0158. The van der Waals surface area contributed by atoms with Crippen molar-refractivity contribution in [2.75, 3.05) is 13.1 Å². The summed E-state index contributed by atoms with van der Waals surface area (Å²) in [5.41, 5.74) is 0.795. The molecule has 1 aliphatic rings. The smallest absolute Gasteiger partial charge is 0.183 e. The highest BCUT2D eigenvalue weighted by Gasteiger charge is 2.25. The average Bonchev–Trinajstić information content (AvgIpc) is 2.97. The topological polar surface area (TPSA) is 53.4 Å². The maximum atomic E-state index is 11.3. The van der Waals surface area contributed by atoms with Gasteiger partial charge in [-0.25, -0.2) is 0 Å². The number of aromatic nitrogens is 3. The molecule has 1 aliphatic heterocycles. The summed E-state index contributed by atoms with van der Waals surface area (Å²) in [7, 11) is 0. The molecular formula is C14H20N4O. The molecule has 2 aromatic heterocycles. The molecule has 19 heavy (non-hydrogen) atoms. The van der Waals surface area contributed by atoms with Gasteiger partial charge in [0, 0.05) is 37.3 Å². The second-order valence-electron chi connectivity index (χ2n) is 5.71. The number of H-pyrrole nitrogens is 1. The van der Waals surface area contributed by atoms with Crippen molar-refractivity contribution in [1.82, 2.24) is 19.5 Å². The predicted molar refractivity (Wildman–Crippen MR) is 74.3 cm³/mol. The van der Waals surface area contributed by atoms with Crippen molar-refractivity contribution in [3.63, 3.8) is 0 Å². The van der Waals surface area contributed by atoms with Crippen molar-refractivity contribution in [3.8, 4) is 0 Å². The normalized spacial score (nSPS) is 20.7. The lowest BCUT2D eigenvalue weighted by molar-refractivity contribution is 0.264. The number of likely N-dealkylation sites (tertiary alicyclic amines) is 1. The van der Waals surface area contributed by atoms with Crippen LogP contribution in [0.15, 0.2) is 23.1 Å². The fourth-order valence-electron chi connectivity index (χ4n) is 2.87. The summed E-state index contributed by atoms with van der Waals surface area (Å²) in [6.45, 7) is 6.82. The molecule has 0 bridgehead atoms. The molecule has 1 atom stereocenters. The van der Waals surface area contributed by atoms with E-state index in [0.717, 1.165) is 24.4 Å². The van der Waals surface area contributed by atoms with E-state index >= 15 is 0 Å². The van der Waals surface area contributed by atoms with Crippen molar-refractivity contribution >= 4 is 5.65 Å². The molecule has 102 valence electrons. The number of hydrogen-bond donors (Lipinski definition) is 1. The van der Waals surface area contributed by atoms with Crippen LogP contribution in [0.4, 0.5) is 0 Å².